The highest BCUT2D eigenvalue weighted by Crippen LogP contribution is 2.39. The molecule has 0 unspecified atom stereocenters. The molecule has 200 valence electrons. The van der Waals surface area contributed by atoms with Crippen LogP contribution in [0.25, 0.3) is 0 Å². The van der Waals surface area contributed by atoms with Crippen molar-refractivity contribution in [3.63, 3.8) is 0 Å². The van der Waals surface area contributed by atoms with E-state index in [4.69, 9.17) is 4.74 Å². The van der Waals surface area contributed by atoms with Gasteiger partial charge in [0, 0.05) is 31.1 Å². The van der Waals surface area contributed by atoms with E-state index in [1.54, 1.807) is 11.3 Å². The van der Waals surface area contributed by atoms with Crippen molar-refractivity contribution >= 4 is 28.2 Å². The number of ether oxygens (including phenoxy) is 1. The second kappa shape index (κ2) is 12.2. The number of fused-ring (bicyclic) bond motifs is 1. The van der Waals surface area contributed by atoms with E-state index < -0.39 is 0 Å². The number of hydrogen-bond donors (Lipinski definition) is 1. The van der Waals surface area contributed by atoms with Gasteiger partial charge in [0.2, 0.25) is 5.91 Å². The van der Waals surface area contributed by atoms with E-state index in [1.807, 2.05) is 13.8 Å². The third-order valence-corrected chi connectivity index (χ3v) is 8.55. The molecule has 0 bridgehead atoms. The summed E-state index contributed by atoms with van der Waals surface area (Å²) in [6.07, 6.45) is 3.82. The fourth-order valence-electron chi connectivity index (χ4n) is 5.58. The number of nitrogens with zero attached hydrogens (tertiary/aromatic N) is 2. The topological polar surface area (TPSA) is 61.9 Å². The number of hydrogen-bond acceptors (Lipinski definition) is 6. The van der Waals surface area contributed by atoms with Crippen LogP contribution in [0.15, 0.2) is 60.7 Å². The highest BCUT2D eigenvalue weighted by molar-refractivity contribution is 7.17. The Hall–Kier alpha value is -3.00. The Labute approximate surface area is 229 Å². The van der Waals surface area contributed by atoms with E-state index in [2.05, 4.69) is 75.8 Å². The van der Waals surface area contributed by atoms with Crippen molar-refractivity contribution in [3.05, 3.63) is 87.8 Å². The molecule has 0 radical (unpaired) electrons. The van der Waals surface area contributed by atoms with Crippen LogP contribution >= 0.6 is 11.3 Å². The predicted octanol–water partition coefficient (Wildman–Crippen LogP) is 5.54. The van der Waals surface area contributed by atoms with Crippen molar-refractivity contribution in [1.29, 1.82) is 0 Å². The number of aryl methyl sites for hydroxylation is 1. The second-order valence-corrected chi connectivity index (χ2v) is 11.6. The Bertz CT molecular complexity index is 1190. The van der Waals surface area contributed by atoms with Gasteiger partial charge in [-0.1, -0.05) is 60.7 Å². The Morgan fingerprint density at radius 1 is 0.895 bits per heavy atom. The first-order valence-corrected chi connectivity index (χ1v) is 14.5. The molecule has 2 aliphatic rings. The second-order valence-electron chi connectivity index (χ2n) is 10.5. The fraction of sp³-hybridized carbons (Fsp3) is 0.419. The third kappa shape index (κ3) is 6.17. The van der Waals surface area contributed by atoms with Gasteiger partial charge < -0.3 is 10.1 Å². The molecule has 38 heavy (non-hydrogen) atoms. The van der Waals surface area contributed by atoms with Gasteiger partial charge in [0.15, 0.2) is 0 Å². The Morgan fingerprint density at radius 2 is 1.50 bits per heavy atom. The number of carbonyl (C=O) groups is 2. The summed E-state index contributed by atoms with van der Waals surface area (Å²) >= 11 is 1.55. The molecule has 3 aromatic rings. The SMILES string of the molecule is CC(C)OC(=O)c1c(NC(=O)CN2CCN(C(c3ccccc3)c3ccccc3)CC2)sc2c1CCCC2. The maximum Gasteiger partial charge on any atom is 0.341 e. The quantitative estimate of drug-likeness (QED) is 0.387. The first-order valence-electron chi connectivity index (χ1n) is 13.7. The van der Waals surface area contributed by atoms with Crippen molar-refractivity contribution in [2.24, 2.45) is 0 Å². The molecule has 5 rings (SSSR count). The fourth-order valence-corrected chi connectivity index (χ4v) is 6.87. The number of thiophene rings is 1. The van der Waals surface area contributed by atoms with Gasteiger partial charge in [-0.3, -0.25) is 14.6 Å². The average Bonchev–Trinajstić information content (AvgIpc) is 3.28. The molecule has 2 aromatic carbocycles. The number of nitrogens with one attached hydrogen (secondary N) is 1. The minimum Gasteiger partial charge on any atom is -0.459 e. The molecule has 1 saturated heterocycles. The molecule has 0 saturated carbocycles. The van der Waals surface area contributed by atoms with Crippen molar-refractivity contribution < 1.29 is 14.3 Å². The van der Waals surface area contributed by atoms with Gasteiger partial charge in [-0.25, -0.2) is 4.79 Å². The van der Waals surface area contributed by atoms with Crippen molar-refractivity contribution in [1.82, 2.24) is 9.80 Å². The molecule has 1 aliphatic heterocycles. The Kier molecular flexibility index (Phi) is 8.57. The lowest BCUT2D eigenvalue weighted by Gasteiger charge is -2.39. The maximum atomic E-state index is 13.1. The minimum atomic E-state index is -0.323. The lowest BCUT2D eigenvalue weighted by molar-refractivity contribution is -0.117. The summed E-state index contributed by atoms with van der Waals surface area (Å²) in [5.74, 6) is -0.394. The van der Waals surface area contributed by atoms with Crippen LogP contribution in [-0.2, 0) is 22.4 Å². The number of esters is 1. The van der Waals surface area contributed by atoms with Gasteiger partial charge in [-0.2, -0.15) is 0 Å². The number of rotatable bonds is 8. The standard InChI is InChI=1S/C31H37N3O3S/c1-22(2)37-31(36)28-25-15-9-10-16-26(25)38-30(28)32-27(35)21-33-17-19-34(20-18-33)29(23-11-5-3-6-12-23)24-13-7-4-8-14-24/h3-8,11-14,22,29H,9-10,15-21H2,1-2H3,(H,32,35). The molecule has 0 atom stereocenters. The lowest BCUT2D eigenvalue weighted by atomic mass is 9.95. The van der Waals surface area contributed by atoms with E-state index in [0.29, 0.717) is 17.1 Å². The van der Waals surface area contributed by atoms with Crippen LogP contribution in [0.2, 0.25) is 0 Å². The van der Waals surface area contributed by atoms with Crippen molar-refractivity contribution in [3.8, 4) is 0 Å². The van der Waals surface area contributed by atoms with E-state index in [9.17, 15) is 9.59 Å². The van der Waals surface area contributed by atoms with E-state index in [-0.39, 0.29) is 24.0 Å². The molecular formula is C31H37N3O3S. The van der Waals surface area contributed by atoms with Crippen LogP contribution in [-0.4, -0.2) is 60.5 Å². The van der Waals surface area contributed by atoms with Crippen LogP contribution in [0.3, 0.4) is 0 Å². The van der Waals surface area contributed by atoms with Crippen molar-refractivity contribution in [2.45, 2.75) is 51.7 Å². The average molecular weight is 532 g/mol. The first kappa shape index (κ1) is 26.6. The van der Waals surface area contributed by atoms with Crippen LogP contribution in [0, 0.1) is 0 Å². The summed E-state index contributed by atoms with van der Waals surface area (Å²) in [6, 6.07) is 21.5. The molecule has 7 heteroatoms. The molecule has 1 aromatic heterocycles. The lowest BCUT2D eigenvalue weighted by Crippen LogP contribution is -2.49. The third-order valence-electron chi connectivity index (χ3n) is 7.34. The highest BCUT2D eigenvalue weighted by Gasteiger charge is 2.30. The van der Waals surface area contributed by atoms with Gasteiger partial charge in [-0.15, -0.1) is 11.3 Å². The number of piperazine rings is 1. The minimum absolute atomic E-state index is 0.0710. The van der Waals surface area contributed by atoms with Gasteiger partial charge >= 0.3 is 5.97 Å². The summed E-state index contributed by atoms with van der Waals surface area (Å²) in [6.45, 7) is 7.40. The van der Waals surface area contributed by atoms with E-state index >= 15 is 0 Å². The molecular weight excluding hydrogens is 494 g/mol. The summed E-state index contributed by atoms with van der Waals surface area (Å²) < 4.78 is 5.54. The molecule has 1 fully saturated rings. The highest BCUT2D eigenvalue weighted by atomic mass is 32.1. The zero-order chi connectivity index (χ0) is 26.5. The van der Waals surface area contributed by atoms with Crippen LogP contribution in [0.1, 0.15) is 64.7 Å². The number of amides is 1. The Morgan fingerprint density at radius 3 is 2.11 bits per heavy atom. The van der Waals surface area contributed by atoms with Gasteiger partial charge in [0.05, 0.1) is 24.3 Å². The number of carbonyl (C=O) groups excluding carboxylic acids is 2. The zero-order valence-electron chi connectivity index (χ0n) is 22.3. The summed E-state index contributed by atoms with van der Waals surface area (Å²) in [5.41, 5.74) is 4.22. The molecule has 1 amide bonds. The molecule has 1 N–H and O–H groups in total. The first-order chi connectivity index (χ1) is 18.5. The molecule has 6 nitrogen and oxygen atoms in total. The molecule has 0 spiro atoms. The largest absolute Gasteiger partial charge is 0.459 e. The predicted molar refractivity (Wildman–Crippen MR) is 153 cm³/mol. The van der Waals surface area contributed by atoms with Gasteiger partial charge in [-0.05, 0) is 56.2 Å². The molecule has 1 aliphatic carbocycles. The van der Waals surface area contributed by atoms with Crippen LogP contribution < -0.4 is 5.32 Å². The van der Waals surface area contributed by atoms with E-state index in [0.717, 1.165) is 57.4 Å². The monoisotopic (exact) mass is 531 g/mol. The van der Waals surface area contributed by atoms with Crippen LogP contribution in [0.5, 0.6) is 0 Å². The number of anilines is 1. The smallest absolute Gasteiger partial charge is 0.341 e. The summed E-state index contributed by atoms with van der Waals surface area (Å²) in [4.78, 5) is 32.0. The number of benzene rings is 2. The molecule has 2 heterocycles. The summed E-state index contributed by atoms with van der Waals surface area (Å²) in [7, 11) is 0. The van der Waals surface area contributed by atoms with Crippen molar-refractivity contribution in [2.75, 3.05) is 38.0 Å². The van der Waals surface area contributed by atoms with Crippen LogP contribution in [0.4, 0.5) is 5.00 Å². The summed E-state index contributed by atoms with van der Waals surface area (Å²) in [5, 5.41) is 3.73. The normalized spacial score (nSPS) is 16.4. The van der Waals surface area contributed by atoms with Gasteiger partial charge in [0.25, 0.3) is 0 Å². The van der Waals surface area contributed by atoms with E-state index in [1.165, 1.54) is 16.0 Å². The zero-order valence-corrected chi connectivity index (χ0v) is 23.1. The Balaban J connectivity index is 1.24. The maximum absolute atomic E-state index is 13.1. The van der Waals surface area contributed by atoms with Gasteiger partial charge in [0.1, 0.15) is 5.00 Å².